The number of carbonyl (C=O) groups excluding carboxylic acids is 1. The molecule has 0 aliphatic carbocycles. The summed E-state index contributed by atoms with van der Waals surface area (Å²) in [6.07, 6.45) is 28.2. The van der Waals surface area contributed by atoms with Gasteiger partial charge in [0.15, 0.2) is 6.29 Å². The summed E-state index contributed by atoms with van der Waals surface area (Å²) in [7, 11) is 0. The van der Waals surface area contributed by atoms with Crippen molar-refractivity contribution < 1.29 is 39.8 Å². The lowest BCUT2D eigenvalue weighted by atomic mass is 9.99. The van der Waals surface area contributed by atoms with Gasteiger partial charge in [0.25, 0.3) is 0 Å². The number of unbranched alkanes of at least 4 members (excludes halogenated alkanes) is 24. The second-order valence-corrected chi connectivity index (χ2v) is 14.8. The molecule has 9 heteroatoms. The predicted molar refractivity (Wildman–Crippen MR) is 203 cm³/mol. The number of carbonyl (C=O) groups is 1. The van der Waals surface area contributed by atoms with Crippen molar-refractivity contribution in [2.45, 2.75) is 230 Å². The van der Waals surface area contributed by atoms with E-state index in [1.54, 1.807) is 6.08 Å². The van der Waals surface area contributed by atoms with Crippen LogP contribution in [0.25, 0.3) is 0 Å². The van der Waals surface area contributed by atoms with E-state index < -0.39 is 49.5 Å². The van der Waals surface area contributed by atoms with Crippen LogP contribution in [0.15, 0.2) is 12.2 Å². The molecule has 296 valence electrons. The maximum atomic E-state index is 12.9. The van der Waals surface area contributed by atoms with Crippen molar-refractivity contribution in [2.24, 2.45) is 0 Å². The van der Waals surface area contributed by atoms with Gasteiger partial charge in [0, 0.05) is 6.42 Å². The number of ether oxygens (including phenoxy) is 2. The highest BCUT2D eigenvalue weighted by atomic mass is 16.7. The Morgan fingerprint density at radius 3 is 1.56 bits per heavy atom. The van der Waals surface area contributed by atoms with E-state index in [4.69, 9.17) is 9.47 Å². The van der Waals surface area contributed by atoms with E-state index in [9.17, 15) is 30.3 Å². The number of nitrogens with one attached hydrogen (secondary N) is 1. The summed E-state index contributed by atoms with van der Waals surface area (Å²) in [6.45, 7) is 3.76. The third-order valence-corrected chi connectivity index (χ3v) is 10.1. The van der Waals surface area contributed by atoms with Crippen LogP contribution in [0.2, 0.25) is 0 Å². The number of aliphatic hydroxyl groups excluding tert-OH is 5. The van der Waals surface area contributed by atoms with Crippen molar-refractivity contribution in [3.8, 4) is 0 Å². The maximum absolute atomic E-state index is 12.9. The topological polar surface area (TPSA) is 149 Å². The molecule has 1 heterocycles. The van der Waals surface area contributed by atoms with Crippen molar-refractivity contribution in [3.05, 3.63) is 12.2 Å². The van der Waals surface area contributed by atoms with Crippen LogP contribution in [0, 0.1) is 0 Å². The second-order valence-electron chi connectivity index (χ2n) is 14.8. The van der Waals surface area contributed by atoms with Crippen LogP contribution in [0.5, 0.6) is 0 Å². The first-order chi connectivity index (χ1) is 24.3. The van der Waals surface area contributed by atoms with Gasteiger partial charge in [-0.15, -0.1) is 0 Å². The van der Waals surface area contributed by atoms with Gasteiger partial charge in [-0.1, -0.05) is 174 Å². The lowest BCUT2D eigenvalue weighted by molar-refractivity contribution is -0.302. The van der Waals surface area contributed by atoms with E-state index in [0.717, 1.165) is 38.5 Å². The Hall–Kier alpha value is -1.07. The first-order valence-electron chi connectivity index (χ1n) is 20.9. The lowest BCUT2D eigenvalue weighted by Gasteiger charge is -2.40. The monoisotopic (exact) mass is 714 g/mol. The Morgan fingerprint density at radius 1 is 0.660 bits per heavy atom. The predicted octanol–water partition coefficient (Wildman–Crippen LogP) is 7.78. The fourth-order valence-corrected chi connectivity index (χ4v) is 6.68. The fourth-order valence-electron chi connectivity index (χ4n) is 6.68. The van der Waals surface area contributed by atoms with Gasteiger partial charge >= 0.3 is 0 Å². The molecule has 0 aromatic carbocycles. The average molecular weight is 714 g/mol. The van der Waals surface area contributed by atoms with Crippen molar-refractivity contribution in [1.29, 1.82) is 0 Å². The zero-order valence-electron chi connectivity index (χ0n) is 32.2. The first kappa shape index (κ1) is 47.0. The minimum atomic E-state index is -1.56. The van der Waals surface area contributed by atoms with Crippen LogP contribution in [0.3, 0.4) is 0 Å². The molecule has 1 fully saturated rings. The normalized spacial score (nSPS) is 22.3. The summed E-state index contributed by atoms with van der Waals surface area (Å²) >= 11 is 0. The Morgan fingerprint density at radius 2 is 1.10 bits per heavy atom. The van der Waals surface area contributed by atoms with Gasteiger partial charge in [-0.05, 0) is 19.3 Å². The summed E-state index contributed by atoms with van der Waals surface area (Å²) in [6, 6.07) is -0.796. The minimum absolute atomic E-state index is 0.177. The Balaban J connectivity index is 2.41. The van der Waals surface area contributed by atoms with Crippen LogP contribution in [0.4, 0.5) is 0 Å². The second kappa shape index (κ2) is 32.6. The smallest absolute Gasteiger partial charge is 0.220 e. The Labute approximate surface area is 306 Å². The average Bonchev–Trinajstić information content (AvgIpc) is 3.11. The molecule has 0 saturated carbocycles. The highest BCUT2D eigenvalue weighted by molar-refractivity contribution is 5.76. The Bertz CT molecular complexity index is 797. The summed E-state index contributed by atoms with van der Waals surface area (Å²) in [5.74, 6) is -0.177. The Kier molecular flexibility index (Phi) is 30.6. The van der Waals surface area contributed by atoms with Gasteiger partial charge < -0.3 is 40.3 Å². The van der Waals surface area contributed by atoms with E-state index >= 15 is 0 Å². The molecule has 6 N–H and O–H groups in total. The summed E-state index contributed by atoms with van der Waals surface area (Å²) in [5, 5.41) is 54.0. The minimum Gasteiger partial charge on any atom is -0.394 e. The molecule has 2 unspecified atom stereocenters. The number of hydrogen-bond donors (Lipinski definition) is 6. The largest absolute Gasteiger partial charge is 0.394 e. The molecule has 1 saturated heterocycles. The lowest BCUT2D eigenvalue weighted by Crippen LogP contribution is -2.60. The number of amides is 1. The standard InChI is InChI=1S/C41H79NO8/c1-3-5-7-9-11-13-15-17-19-21-23-25-27-29-31-37(45)42-34(33-49-41-40(48)39(47)38(46)36(32-43)50-41)35(44)30-28-26-24-22-20-18-16-14-12-10-8-6-4-2/h28,30,34-36,38-41,43-44,46-48H,3-27,29,31-33H2,1-2H3,(H,42,45)/b30-28+/t34-,35+,36?,38+,39?,40-,41+/m0/s1. The molecule has 1 rings (SSSR count). The van der Waals surface area contributed by atoms with Crippen LogP contribution >= 0.6 is 0 Å². The molecule has 0 spiro atoms. The van der Waals surface area contributed by atoms with E-state index in [2.05, 4.69) is 19.2 Å². The third-order valence-electron chi connectivity index (χ3n) is 10.1. The zero-order valence-corrected chi connectivity index (χ0v) is 32.2. The highest BCUT2D eigenvalue weighted by Gasteiger charge is 2.44. The quantitative estimate of drug-likeness (QED) is 0.0293. The number of aliphatic hydroxyl groups is 5. The molecule has 50 heavy (non-hydrogen) atoms. The van der Waals surface area contributed by atoms with E-state index in [-0.39, 0.29) is 12.5 Å². The van der Waals surface area contributed by atoms with Gasteiger partial charge in [0.1, 0.15) is 24.4 Å². The molecular weight excluding hydrogens is 634 g/mol. The first-order valence-corrected chi connectivity index (χ1v) is 20.9. The van der Waals surface area contributed by atoms with Crippen molar-refractivity contribution in [3.63, 3.8) is 0 Å². The molecule has 0 aromatic rings. The molecule has 1 aliphatic rings. The molecule has 7 atom stereocenters. The summed E-state index contributed by atoms with van der Waals surface area (Å²) in [4.78, 5) is 12.9. The SMILES string of the molecule is CCCCCCCCCCCCC/C=C/[C@@H](O)[C@H](CO[C@@H]1OC(CO)[C@@H](O)C(O)[C@@H]1O)NC(=O)CCCCCCCCCCCCCCCC. The van der Waals surface area contributed by atoms with E-state index in [0.29, 0.717) is 6.42 Å². The van der Waals surface area contributed by atoms with Gasteiger partial charge in [-0.3, -0.25) is 4.79 Å². The van der Waals surface area contributed by atoms with Crippen molar-refractivity contribution >= 4 is 5.91 Å². The van der Waals surface area contributed by atoms with Crippen molar-refractivity contribution in [2.75, 3.05) is 13.2 Å². The van der Waals surface area contributed by atoms with Crippen molar-refractivity contribution in [1.82, 2.24) is 5.32 Å². The number of allylic oxidation sites excluding steroid dienone is 1. The van der Waals surface area contributed by atoms with Crippen LogP contribution in [0.1, 0.15) is 187 Å². The highest BCUT2D eigenvalue weighted by Crippen LogP contribution is 2.22. The molecule has 9 nitrogen and oxygen atoms in total. The molecule has 1 aliphatic heterocycles. The molecule has 1 amide bonds. The van der Waals surface area contributed by atoms with Crippen LogP contribution in [-0.4, -0.2) is 87.5 Å². The number of rotatable bonds is 34. The van der Waals surface area contributed by atoms with Gasteiger partial charge in [0.2, 0.25) is 5.91 Å². The molecule has 0 radical (unpaired) electrons. The van der Waals surface area contributed by atoms with E-state index in [1.807, 2.05) is 6.08 Å². The van der Waals surface area contributed by atoms with Crippen LogP contribution < -0.4 is 5.32 Å². The summed E-state index contributed by atoms with van der Waals surface area (Å²) in [5.41, 5.74) is 0. The molecular formula is C41H79NO8. The van der Waals surface area contributed by atoms with E-state index in [1.165, 1.54) is 128 Å². The number of hydrogen-bond acceptors (Lipinski definition) is 8. The van der Waals surface area contributed by atoms with Crippen LogP contribution in [-0.2, 0) is 14.3 Å². The third kappa shape index (κ3) is 23.5. The van der Waals surface area contributed by atoms with Gasteiger partial charge in [-0.2, -0.15) is 0 Å². The molecule has 0 bridgehead atoms. The van der Waals surface area contributed by atoms with Gasteiger partial charge in [-0.25, -0.2) is 0 Å². The fraction of sp³-hybridized carbons (Fsp3) is 0.927. The zero-order chi connectivity index (χ0) is 36.7. The maximum Gasteiger partial charge on any atom is 0.220 e. The van der Waals surface area contributed by atoms with Gasteiger partial charge in [0.05, 0.1) is 25.4 Å². The summed E-state index contributed by atoms with van der Waals surface area (Å²) < 4.78 is 11.2. The molecule has 0 aromatic heterocycles.